The molecule has 0 amide bonds. The average molecular weight is 282 g/mol. The van der Waals surface area contributed by atoms with Gasteiger partial charge in [-0.25, -0.2) is 0 Å². The van der Waals surface area contributed by atoms with Crippen LogP contribution in [0, 0.1) is 0 Å². The number of anilines is 1. The number of nitrogens with zero attached hydrogens (tertiary/aromatic N) is 2. The molecule has 0 fully saturated rings. The third-order valence-electron chi connectivity index (χ3n) is 4.08. The molecule has 1 aliphatic heterocycles. The standard InChI is InChI=1S/C18H22N2O/c1-2-20(21)14-16-8-9-18-17(12-16)10-11-19(18)13-15-6-4-3-5-7-15/h3-9,12,21H,2,10-11,13-14H2,1H3. The first-order chi connectivity index (χ1) is 10.3. The van der Waals surface area contributed by atoms with Gasteiger partial charge in [0.25, 0.3) is 0 Å². The zero-order chi connectivity index (χ0) is 14.7. The monoisotopic (exact) mass is 282 g/mol. The largest absolute Gasteiger partial charge is 0.367 e. The van der Waals surface area contributed by atoms with Crippen molar-refractivity contribution in [3.05, 3.63) is 65.2 Å². The molecule has 1 heterocycles. The first kappa shape index (κ1) is 14.1. The minimum atomic E-state index is 0.600. The lowest BCUT2D eigenvalue weighted by Gasteiger charge is -2.20. The highest BCUT2D eigenvalue weighted by Gasteiger charge is 2.19. The predicted octanol–water partition coefficient (Wildman–Crippen LogP) is 3.46. The van der Waals surface area contributed by atoms with Crippen LogP contribution in [0.3, 0.4) is 0 Å². The number of hydrogen-bond donors (Lipinski definition) is 1. The zero-order valence-corrected chi connectivity index (χ0v) is 12.5. The average Bonchev–Trinajstić information content (AvgIpc) is 2.90. The van der Waals surface area contributed by atoms with Gasteiger partial charge >= 0.3 is 0 Å². The second-order valence-electron chi connectivity index (χ2n) is 5.60. The Kier molecular flexibility index (Phi) is 4.23. The van der Waals surface area contributed by atoms with Crippen LogP contribution in [0.25, 0.3) is 0 Å². The molecule has 3 nitrogen and oxygen atoms in total. The van der Waals surface area contributed by atoms with Crippen molar-refractivity contribution >= 4 is 5.69 Å². The van der Waals surface area contributed by atoms with Crippen molar-refractivity contribution in [3.8, 4) is 0 Å². The lowest BCUT2D eigenvalue weighted by molar-refractivity contribution is -0.0946. The lowest BCUT2D eigenvalue weighted by Crippen LogP contribution is -2.19. The Bertz CT molecular complexity index is 597. The van der Waals surface area contributed by atoms with Crippen molar-refractivity contribution in [1.82, 2.24) is 5.06 Å². The SMILES string of the molecule is CCN(O)Cc1ccc2c(c1)CCN2Cc1ccccc1. The Morgan fingerprint density at radius 3 is 2.67 bits per heavy atom. The summed E-state index contributed by atoms with van der Waals surface area (Å²) in [6.45, 7) is 5.24. The van der Waals surface area contributed by atoms with Gasteiger partial charge < -0.3 is 10.1 Å². The number of rotatable bonds is 5. The summed E-state index contributed by atoms with van der Waals surface area (Å²) < 4.78 is 0. The van der Waals surface area contributed by atoms with E-state index in [2.05, 4.69) is 53.4 Å². The molecule has 0 aliphatic carbocycles. The van der Waals surface area contributed by atoms with Gasteiger partial charge in [-0.15, -0.1) is 0 Å². The van der Waals surface area contributed by atoms with Gasteiger partial charge in [-0.3, -0.25) is 0 Å². The van der Waals surface area contributed by atoms with Crippen LogP contribution in [0.2, 0.25) is 0 Å². The molecule has 2 aromatic rings. The molecular formula is C18H22N2O. The van der Waals surface area contributed by atoms with E-state index in [1.807, 2.05) is 6.92 Å². The Hall–Kier alpha value is -1.84. The molecule has 0 radical (unpaired) electrons. The van der Waals surface area contributed by atoms with E-state index in [4.69, 9.17) is 0 Å². The van der Waals surface area contributed by atoms with Crippen LogP contribution in [0.4, 0.5) is 5.69 Å². The fourth-order valence-corrected chi connectivity index (χ4v) is 2.91. The van der Waals surface area contributed by atoms with Crippen molar-refractivity contribution < 1.29 is 5.21 Å². The van der Waals surface area contributed by atoms with Crippen molar-refractivity contribution in [2.24, 2.45) is 0 Å². The van der Waals surface area contributed by atoms with Gasteiger partial charge in [-0.1, -0.05) is 49.4 Å². The molecule has 0 saturated carbocycles. The number of benzene rings is 2. The summed E-state index contributed by atoms with van der Waals surface area (Å²) in [7, 11) is 0. The van der Waals surface area contributed by atoms with Gasteiger partial charge in [0.15, 0.2) is 0 Å². The van der Waals surface area contributed by atoms with Crippen LogP contribution in [0.5, 0.6) is 0 Å². The van der Waals surface area contributed by atoms with Crippen LogP contribution in [0.15, 0.2) is 48.5 Å². The third kappa shape index (κ3) is 3.26. The molecular weight excluding hydrogens is 260 g/mol. The second kappa shape index (κ2) is 6.29. The van der Waals surface area contributed by atoms with E-state index in [0.29, 0.717) is 13.1 Å². The molecule has 0 spiro atoms. The summed E-state index contributed by atoms with van der Waals surface area (Å²) >= 11 is 0. The molecule has 1 aliphatic rings. The third-order valence-corrected chi connectivity index (χ3v) is 4.08. The molecule has 0 atom stereocenters. The predicted molar refractivity (Wildman–Crippen MR) is 85.5 cm³/mol. The highest BCUT2D eigenvalue weighted by molar-refractivity contribution is 5.59. The number of hydroxylamine groups is 2. The van der Waals surface area contributed by atoms with E-state index in [0.717, 1.165) is 19.5 Å². The van der Waals surface area contributed by atoms with E-state index >= 15 is 0 Å². The van der Waals surface area contributed by atoms with Crippen molar-refractivity contribution in [2.45, 2.75) is 26.4 Å². The van der Waals surface area contributed by atoms with E-state index in [-0.39, 0.29) is 0 Å². The molecule has 2 aromatic carbocycles. The summed E-state index contributed by atoms with van der Waals surface area (Å²) in [6.07, 6.45) is 1.09. The fraction of sp³-hybridized carbons (Fsp3) is 0.333. The van der Waals surface area contributed by atoms with Gasteiger partial charge in [-0.05, 0) is 29.2 Å². The molecule has 1 N–H and O–H groups in total. The van der Waals surface area contributed by atoms with Gasteiger partial charge in [0.1, 0.15) is 0 Å². The Balaban J connectivity index is 1.74. The molecule has 0 aromatic heterocycles. The van der Waals surface area contributed by atoms with Gasteiger partial charge in [0.2, 0.25) is 0 Å². The van der Waals surface area contributed by atoms with E-state index in [1.54, 1.807) is 0 Å². The van der Waals surface area contributed by atoms with Gasteiger partial charge in [-0.2, -0.15) is 5.06 Å². The summed E-state index contributed by atoms with van der Waals surface area (Å²) in [6, 6.07) is 17.2. The smallest absolute Gasteiger partial charge is 0.0488 e. The van der Waals surface area contributed by atoms with Crippen molar-refractivity contribution in [2.75, 3.05) is 18.0 Å². The Labute approximate surface area is 126 Å². The maximum Gasteiger partial charge on any atom is 0.0488 e. The van der Waals surface area contributed by atoms with Crippen LogP contribution < -0.4 is 4.90 Å². The van der Waals surface area contributed by atoms with Crippen LogP contribution >= 0.6 is 0 Å². The van der Waals surface area contributed by atoms with E-state index in [9.17, 15) is 5.21 Å². The molecule has 3 rings (SSSR count). The molecule has 3 heteroatoms. The first-order valence-corrected chi connectivity index (χ1v) is 7.61. The van der Waals surface area contributed by atoms with E-state index < -0.39 is 0 Å². The summed E-state index contributed by atoms with van der Waals surface area (Å²) in [5.74, 6) is 0. The van der Waals surface area contributed by atoms with Gasteiger partial charge in [0.05, 0.1) is 0 Å². The fourth-order valence-electron chi connectivity index (χ4n) is 2.91. The first-order valence-electron chi connectivity index (χ1n) is 7.61. The summed E-state index contributed by atoms with van der Waals surface area (Å²) in [5, 5.41) is 11.0. The quantitative estimate of drug-likeness (QED) is 0.851. The Morgan fingerprint density at radius 2 is 1.90 bits per heavy atom. The summed E-state index contributed by atoms with van der Waals surface area (Å²) in [4.78, 5) is 2.44. The number of fused-ring (bicyclic) bond motifs is 1. The molecule has 0 bridgehead atoms. The zero-order valence-electron chi connectivity index (χ0n) is 12.5. The maximum absolute atomic E-state index is 9.63. The van der Waals surface area contributed by atoms with E-state index in [1.165, 1.54) is 27.4 Å². The number of hydrogen-bond acceptors (Lipinski definition) is 3. The van der Waals surface area contributed by atoms with Crippen LogP contribution in [-0.4, -0.2) is 23.4 Å². The highest BCUT2D eigenvalue weighted by Crippen LogP contribution is 2.30. The highest BCUT2D eigenvalue weighted by atomic mass is 16.5. The second-order valence-corrected chi connectivity index (χ2v) is 5.60. The van der Waals surface area contributed by atoms with Crippen LogP contribution in [-0.2, 0) is 19.5 Å². The molecule has 110 valence electrons. The minimum absolute atomic E-state index is 0.600. The summed E-state index contributed by atoms with van der Waals surface area (Å²) in [5.41, 5.74) is 5.26. The van der Waals surface area contributed by atoms with Crippen LogP contribution in [0.1, 0.15) is 23.6 Å². The van der Waals surface area contributed by atoms with Crippen molar-refractivity contribution in [3.63, 3.8) is 0 Å². The minimum Gasteiger partial charge on any atom is -0.367 e. The molecule has 21 heavy (non-hydrogen) atoms. The maximum atomic E-state index is 9.63. The Morgan fingerprint density at radius 1 is 1.10 bits per heavy atom. The normalized spacial score (nSPS) is 13.8. The molecule has 0 saturated heterocycles. The molecule has 0 unspecified atom stereocenters. The van der Waals surface area contributed by atoms with Gasteiger partial charge in [0, 0.05) is 31.9 Å². The van der Waals surface area contributed by atoms with Crippen molar-refractivity contribution in [1.29, 1.82) is 0 Å². The lowest BCUT2D eigenvalue weighted by atomic mass is 10.1. The topological polar surface area (TPSA) is 26.7 Å².